The van der Waals surface area contributed by atoms with Gasteiger partial charge in [-0.3, -0.25) is 9.79 Å². The molecule has 1 aliphatic heterocycles. The lowest BCUT2D eigenvalue weighted by atomic mass is 10.1. The van der Waals surface area contributed by atoms with Crippen molar-refractivity contribution in [3.05, 3.63) is 29.8 Å². The Morgan fingerprint density at radius 3 is 2.86 bits per heavy atom. The van der Waals surface area contributed by atoms with Crippen molar-refractivity contribution in [1.82, 2.24) is 0 Å². The molecule has 1 aromatic rings. The largest absolute Gasteiger partial charge is 0.324 e. The van der Waals surface area contributed by atoms with Gasteiger partial charge in [0.15, 0.2) is 0 Å². The molecule has 3 heteroatoms. The molecule has 1 amide bonds. The molecular formula is C11H12N2O. The first-order valence-electron chi connectivity index (χ1n) is 4.63. The number of fused-ring (bicyclic) bond motifs is 1. The Bertz CT molecular complexity index is 410. The van der Waals surface area contributed by atoms with Gasteiger partial charge in [0, 0.05) is 17.0 Å². The monoisotopic (exact) mass is 188 g/mol. The van der Waals surface area contributed by atoms with Gasteiger partial charge in [-0.25, -0.2) is 0 Å². The number of para-hydroxylation sites is 1. The van der Waals surface area contributed by atoms with Crippen molar-refractivity contribution >= 4 is 17.3 Å². The van der Waals surface area contributed by atoms with Crippen molar-refractivity contribution < 1.29 is 4.79 Å². The van der Waals surface area contributed by atoms with Crippen LogP contribution in [0, 0.1) is 0 Å². The van der Waals surface area contributed by atoms with E-state index in [1.54, 1.807) is 6.92 Å². The van der Waals surface area contributed by atoms with E-state index in [0.29, 0.717) is 0 Å². The van der Waals surface area contributed by atoms with E-state index < -0.39 is 0 Å². The standard InChI is InChI=1S/C11H12N2O/c1-7-9-5-3-4-6-10(9)13-11(14)8(2)12-7/h3-6,8H,1-2H3,(H,13,14). The first-order valence-corrected chi connectivity index (χ1v) is 4.63. The number of benzene rings is 1. The summed E-state index contributed by atoms with van der Waals surface area (Å²) in [5.74, 6) is -0.0469. The zero-order valence-electron chi connectivity index (χ0n) is 8.24. The molecular weight excluding hydrogens is 176 g/mol. The average Bonchev–Trinajstić information content (AvgIpc) is 2.27. The minimum absolute atomic E-state index is 0.0469. The molecule has 0 aromatic heterocycles. The average molecular weight is 188 g/mol. The number of rotatable bonds is 0. The van der Waals surface area contributed by atoms with E-state index in [1.165, 1.54) is 0 Å². The van der Waals surface area contributed by atoms with E-state index in [2.05, 4.69) is 10.3 Å². The molecule has 14 heavy (non-hydrogen) atoms. The molecule has 0 bridgehead atoms. The summed E-state index contributed by atoms with van der Waals surface area (Å²) in [5, 5.41) is 2.85. The van der Waals surface area contributed by atoms with Gasteiger partial charge in [0.25, 0.3) is 0 Å². The fraction of sp³-hybridized carbons (Fsp3) is 0.273. The molecule has 0 saturated carbocycles. The van der Waals surface area contributed by atoms with Crippen LogP contribution in [0.1, 0.15) is 19.4 Å². The molecule has 1 aromatic carbocycles. The van der Waals surface area contributed by atoms with Crippen LogP contribution >= 0.6 is 0 Å². The van der Waals surface area contributed by atoms with Crippen molar-refractivity contribution in [2.45, 2.75) is 19.9 Å². The maximum absolute atomic E-state index is 11.5. The van der Waals surface area contributed by atoms with Crippen LogP contribution in [0.4, 0.5) is 5.69 Å². The van der Waals surface area contributed by atoms with Crippen molar-refractivity contribution in [1.29, 1.82) is 0 Å². The molecule has 1 unspecified atom stereocenters. The first kappa shape index (κ1) is 8.94. The normalized spacial score (nSPS) is 20.6. The topological polar surface area (TPSA) is 41.5 Å². The zero-order valence-corrected chi connectivity index (χ0v) is 8.24. The molecule has 1 N–H and O–H groups in total. The highest BCUT2D eigenvalue weighted by Crippen LogP contribution is 2.19. The van der Waals surface area contributed by atoms with E-state index in [1.807, 2.05) is 31.2 Å². The third-order valence-electron chi connectivity index (χ3n) is 2.34. The lowest BCUT2D eigenvalue weighted by Crippen LogP contribution is -2.22. The second kappa shape index (κ2) is 3.25. The molecule has 0 aliphatic carbocycles. The number of anilines is 1. The highest BCUT2D eigenvalue weighted by atomic mass is 16.2. The van der Waals surface area contributed by atoms with Gasteiger partial charge in [0.1, 0.15) is 6.04 Å². The highest BCUT2D eigenvalue weighted by molar-refractivity contribution is 6.10. The smallest absolute Gasteiger partial charge is 0.248 e. The second-order valence-electron chi connectivity index (χ2n) is 3.43. The summed E-state index contributed by atoms with van der Waals surface area (Å²) in [6.07, 6.45) is 0. The molecule has 0 radical (unpaired) electrons. The Balaban J connectivity index is 2.55. The van der Waals surface area contributed by atoms with Gasteiger partial charge in [-0.05, 0) is 19.9 Å². The molecule has 1 heterocycles. The number of hydrogen-bond donors (Lipinski definition) is 1. The summed E-state index contributed by atoms with van der Waals surface area (Å²) < 4.78 is 0. The predicted octanol–water partition coefficient (Wildman–Crippen LogP) is 1.84. The van der Waals surface area contributed by atoms with Crippen LogP contribution in [0.5, 0.6) is 0 Å². The number of nitrogens with one attached hydrogen (secondary N) is 1. The number of carbonyl (C=O) groups excluding carboxylic acids is 1. The fourth-order valence-electron chi connectivity index (χ4n) is 1.56. The van der Waals surface area contributed by atoms with Crippen molar-refractivity contribution in [2.75, 3.05) is 5.32 Å². The summed E-state index contributed by atoms with van der Waals surface area (Å²) in [6.45, 7) is 3.72. The molecule has 2 rings (SSSR count). The van der Waals surface area contributed by atoms with E-state index in [9.17, 15) is 4.79 Å². The maximum Gasteiger partial charge on any atom is 0.248 e. The quantitative estimate of drug-likeness (QED) is 0.663. The third kappa shape index (κ3) is 1.41. The van der Waals surface area contributed by atoms with Gasteiger partial charge in [-0.15, -0.1) is 0 Å². The summed E-state index contributed by atoms with van der Waals surface area (Å²) in [5.41, 5.74) is 2.76. The van der Waals surface area contributed by atoms with Crippen LogP contribution in [0.3, 0.4) is 0 Å². The number of benzodiazepines with no additional fused rings is 1. The van der Waals surface area contributed by atoms with Crippen LogP contribution in [0.15, 0.2) is 29.3 Å². The third-order valence-corrected chi connectivity index (χ3v) is 2.34. The summed E-state index contributed by atoms with van der Waals surface area (Å²) in [4.78, 5) is 15.8. The summed E-state index contributed by atoms with van der Waals surface area (Å²) in [7, 11) is 0. The van der Waals surface area contributed by atoms with Gasteiger partial charge in [0.2, 0.25) is 5.91 Å². The molecule has 1 aliphatic rings. The maximum atomic E-state index is 11.5. The molecule has 3 nitrogen and oxygen atoms in total. The number of aliphatic imine (C=N–C) groups is 1. The zero-order chi connectivity index (χ0) is 10.1. The van der Waals surface area contributed by atoms with Crippen molar-refractivity contribution in [3.8, 4) is 0 Å². The Morgan fingerprint density at radius 2 is 2.07 bits per heavy atom. The van der Waals surface area contributed by atoms with E-state index >= 15 is 0 Å². The van der Waals surface area contributed by atoms with Crippen LogP contribution in [0.25, 0.3) is 0 Å². The Kier molecular flexibility index (Phi) is 2.08. The molecule has 0 saturated heterocycles. The van der Waals surface area contributed by atoms with Gasteiger partial charge in [0.05, 0.1) is 0 Å². The van der Waals surface area contributed by atoms with E-state index in [0.717, 1.165) is 17.0 Å². The summed E-state index contributed by atoms with van der Waals surface area (Å²) in [6, 6.07) is 7.40. The summed E-state index contributed by atoms with van der Waals surface area (Å²) >= 11 is 0. The van der Waals surface area contributed by atoms with Crippen LogP contribution in [-0.2, 0) is 4.79 Å². The minimum atomic E-state index is -0.303. The van der Waals surface area contributed by atoms with Gasteiger partial charge >= 0.3 is 0 Å². The first-order chi connectivity index (χ1) is 6.68. The Labute approximate surface area is 82.9 Å². The van der Waals surface area contributed by atoms with Crippen molar-refractivity contribution in [3.63, 3.8) is 0 Å². The molecule has 0 fully saturated rings. The highest BCUT2D eigenvalue weighted by Gasteiger charge is 2.18. The number of carbonyl (C=O) groups is 1. The van der Waals surface area contributed by atoms with E-state index in [4.69, 9.17) is 0 Å². The molecule has 1 atom stereocenters. The SMILES string of the molecule is CC1=NC(C)C(=O)Nc2ccccc21. The Morgan fingerprint density at radius 1 is 1.36 bits per heavy atom. The van der Waals surface area contributed by atoms with Crippen LogP contribution < -0.4 is 5.32 Å². The molecule has 72 valence electrons. The van der Waals surface area contributed by atoms with Gasteiger partial charge in [-0.2, -0.15) is 0 Å². The fourth-order valence-corrected chi connectivity index (χ4v) is 1.56. The minimum Gasteiger partial charge on any atom is -0.324 e. The number of nitrogens with zero attached hydrogens (tertiary/aromatic N) is 1. The van der Waals surface area contributed by atoms with Crippen LogP contribution in [-0.4, -0.2) is 17.7 Å². The number of hydrogen-bond acceptors (Lipinski definition) is 2. The lowest BCUT2D eigenvalue weighted by Gasteiger charge is -2.05. The number of amides is 1. The van der Waals surface area contributed by atoms with Gasteiger partial charge in [-0.1, -0.05) is 18.2 Å². The van der Waals surface area contributed by atoms with Crippen LogP contribution in [0.2, 0.25) is 0 Å². The van der Waals surface area contributed by atoms with E-state index in [-0.39, 0.29) is 11.9 Å². The molecule has 0 spiro atoms. The lowest BCUT2D eigenvalue weighted by molar-refractivity contribution is -0.116. The Hall–Kier alpha value is -1.64. The second-order valence-corrected chi connectivity index (χ2v) is 3.43. The van der Waals surface area contributed by atoms with Gasteiger partial charge < -0.3 is 5.32 Å². The van der Waals surface area contributed by atoms with Crippen molar-refractivity contribution in [2.24, 2.45) is 4.99 Å². The predicted molar refractivity (Wildman–Crippen MR) is 56.7 cm³/mol.